The number of anilines is 1. The topological polar surface area (TPSA) is 106 Å². The summed E-state index contributed by atoms with van der Waals surface area (Å²) >= 11 is 12.2. The number of aromatic nitrogens is 4. The lowest BCUT2D eigenvalue weighted by Gasteiger charge is -2.10. The van der Waals surface area contributed by atoms with Crippen LogP contribution in [-0.4, -0.2) is 25.7 Å². The van der Waals surface area contributed by atoms with Crippen LogP contribution in [0.4, 0.5) is 5.82 Å². The number of aromatic amines is 1. The fourth-order valence-corrected chi connectivity index (χ4v) is 3.39. The van der Waals surface area contributed by atoms with Crippen LogP contribution in [0.15, 0.2) is 57.9 Å². The minimum atomic E-state index is -0.494. The number of carbonyl (C=O) groups excluding carboxylic acids is 1. The Morgan fingerprint density at radius 3 is 2.81 bits per heavy atom. The summed E-state index contributed by atoms with van der Waals surface area (Å²) in [4.78, 5) is 32.2. The molecule has 158 valence electrons. The van der Waals surface area contributed by atoms with Gasteiger partial charge in [0.05, 0.1) is 16.8 Å². The van der Waals surface area contributed by atoms with Gasteiger partial charge in [-0.15, -0.1) is 0 Å². The molecule has 0 unspecified atom stereocenters. The highest BCUT2D eigenvalue weighted by atomic mass is 35.5. The monoisotopic (exact) mass is 457 g/mol. The molecule has 0 fully saturated rings. The summed E-state index contributed by atoms with van der Waals surface area (Å²) < 4.78 is 6.76. The van der Waals surface area contributed by atoms with Crippen molar-refractivity contribution in [2.45, 2.75) is 19.8 Å². The maximum Gasteiger partial charge on any atom is 0.258 e. The van der Waals surface area contributed by atoms with Crippen LogP contribution in [0, 0.1) is 0 Å². The average Bonchev–Trinajstić information content (AvgIpc) is 3.39. The fourth-order valence-electron chi connectivity index (χ4n) is 3.01. The van der Waals surface area contributed by atoms with Crippen molar-refractivity contribution in [1.82, 2.24) is 19.7 Å². The largest absolute Gasteiger partial charge is 0.463 e. The second kappa shape index (κ2) is 8.79. The van der Waals surface area contributed by atoms with Crippen molar-refractivity contribution >= 4 is 34.9 Å². The molecule has 4 rings (SSSR count). The summed E-state index contributed by atoms with van der Waals surface area (Å²) in [5, 5.41) is 7.85. The highest BCUT2D eigenvalue weighted by molar-refractivity contribution is 6.36. The number of nitrogens with zero attached hydrogens (tertiary/aromatic N) is 3. The normalized spacial score (nSPS) is 10.9. The Hall–Kier alpha value is -3.36. The van der Waals surface area contributed by atoms with E-state index in [2.05, 4.69) is 20.4 Å². The van der Waals surface area contributed by atoms with Gasteiger partial charge in [-0.05, 0) is 36.8 Å². The Balaban J connectivity index is 1.79. The van der Waals surface area contributed by atoms with Crippen LogP contribution in [0.25, 0.3) is 17.4 Å². The van der Waals surface area contributed by atoms with Gasteiger partial charge < -0.3 is 9.73 Å². The average molecular weight is 458 g/mol. The first-order valence-corrected chi connectivity index (χ1v) is 10.2. The van der Waals surface area contributed by atoms with Crippen LogP contribution < -0.4 is 10.9 Å². The standard InChI is InChI=1S/C21H17Cl2N5O3/c1-2-4-13-10-19(29)26-21(24-13)28-18(11-16(27-28)17-5-3-8-31-17)25-20(30)14-9-12(22)6-7-15(14)23/h3,5-11H,2,4H2,1H3,(H,25,30)(H,24,26,29). The number of benzene rings is 1. The van der Waals surface area contributed by atoms with Gasteiger partial charge in [0.25, 0.3) is 11.5 Å². The van der Waals surface area contributed by atoms with Gasteiger partial charge >= 0.3 is 0 Å². The summed E-state index contributed by atoms with van der Waals surface area (Å²) in [5.41, 5.74) is 0.939. The molecule has 10 heteroatoms. The van der Waals surface area contributed by atoms with Gasteiger partial charge in [-0.3, -0.25) is 14.6 Å². The van der Waals surface area contributed by atoms with Crippen LogP contribution in [0.3, 0.4) is 0 Å². The van der Waals surface area contributed by atoms with Crippen molar-refractivity contribution in [2.75, 3.05) is 5.32 Å². The smallest absolute Gasteiger partial charge is 0.258 e. The van der Waals surface area contributed by atoms with E-state index in [0.29, 0.717) is 28.6 Å². The Bertz CT molecular complexity index is 1290. The van der Waals surface area contributed by atoms with Crippen molar-refractivity contribution < 1.29 is 9.21 Å². The molecule has 0 saturated heterocycles. The first kappa shape index (κ1) is 20.9. The Labute approximate surface area is 186 Å². The Morgan fingerprint density at radius 1 is 1.23 bits per heavy atom. The van der Waals surface area contributed by atoms with Gasteiger partial charge in [0.15, 0.2) is 5.76 Å². The summed E-state index contributed by atoms with van der Waals surface area (Å²) in [6.07, 6.45) is 2.97. The molecule has 0 saturated carbocycles. The van der Waals surface area contributed by atoms with E-state index in [1.807, 2.05) is 6.92 Å². The van der Waals surface area contributed by atoms with E-state index in [-0.39, 0.29) is 27.9 Å². The van der Waals surface area contributed by atoms with Gasteiger partial charge in [0.1, 0.15) is 11.5 Å². The predicted octanol–water partition coefficient (Wildman–Crippen LogP) is 4.73. The minimum Gasteiger partial charge on any atom is -0.463 e. The SMILES string of the molecule is CCCc1cc(=O)[nH]c(-n2nc(-c3ccco3)cc2NC(=O)c2cc(Cl)ccc2Cl)n1. The van der Waals surface area contributed by atoms with Crippen LogP contribution >= 0.6 is 23.2 Å². The lowest BCUT2D eigenvalue weighted by Crippen LogP contribution is -2.19. The number of carbonyl (C=O) groups is 1. The molecule has 1 aromatic carbocycles. The van der Waals surface area contributed by atoms with E-state index < -0.39 is 5.91 Å². The van der Waals surface area contributed by atoms with E-state index in [4.69, 9.17) is 27.6 Å². The van der Waals surface area contributed by atoms with Gasteiger partial charge in [0.2, 0.25) is 5.95 Å². The summed E-state index contributed by atoms with van der Waals surface area (Å²) in [5.74, 6) is 0.430. The van der Waals surface area contributed by atoms with Crippen LogP contribution in [0.2, 0.25) is 10.0 Å². The molecule has 3 aromatic heterocycles. The Morgan fingerprint density at radius 2 is 2.06 bits per heavy atom. The van der Waals surface area contributed by atoms with Crippen molar-refractivity contribution in [2.24, 2.45) is 0 Å². The number of furan rings is 1. The van der Waals surface area contributed by atoms with E-state index in [9.17, 15) is 9.59 Å². The van der Waals surface area contributed by atoms with Crippen LogP contribution in [0.1, 0.15) is 29.4 Å². The number of hydrogen-bond acceptors (Lipinski definition) is 5. The zero-order valence-electron chi connectivity index (χ0n) is 16.4. The minimum absolute atomic E-state index is 0.168. The lowest BCUT2D eigenvalue weighted by atomic mass is 10.2. The highest BCUT2D eigenvalue weighted by Crippen LogP contribution is 2.26. The molecule has 0 aliphatic rings. The molecule has 0 bridgehead atoms. The molecule has 1 amide bonds. The number of amides is 1. The first-order valence-electron chi connectivity index (χ1n) is 9.45. The molecule has 0 aliphatic heterocycles. The van der Waals surface area contributed by atoms with Crippen LogP contribution in [0.5, 0.6) is 0 Å². The number of nitrogens with one attached hydrogen (secondary N) is 2. The van der Waals surface area contributed by atoms with Crippen molar-refractivity contribution in [3.8, 4) is 17.4 Å². The summed E-state index contributed by atoms with van der Waals surface area (Å²) in [7, 11) is 0. The second-order valence-electron chi connectivity index (χ2n) is 6.69. The van der Waals surface area contributed by atoms with E-state index in [1.165, 1.54) is 29.1 Å². The molecule has 8 nitrogen and oxygen atoms in total. The van der Waals surface area contributed by atoms with E-state index in [0.717, 1.165) is 6.42 Å². The lowest BCUT2D eigenvalue weighted by molar-refractivity contribution is 0.102. The maximum absolute atomic E-state index is 12.9. The molecule has 0 atom stereocenters. The second-order valence-corrected chi connectivity index (χ2v) is 7.54. The fraction of sp³-hybridized carbons (Fsp3) is 0.143. The molecule has 2 N–H and O–H groups in total. The zero-order valence-corrected chi connectivity index (χ0v) is 17.9. The van der Waals surface area contributed by atoms with Gasteiger partial charge in [-0.1, -0.05) is 36.5 Å². The van der Waals surface area contributed by atoms with Gasteiger partial charge in [0, 0.05) is 22.8 Å². The summed E-state index contributed by atoms with van der Waals surface area (Å²) in [6.45, 7) is 1.99. The molecule has 0 aliphatic carbocycles. The van der Waals surface area contributed by atoms with Crippen molar-refractivity contribution in [3.63, 3.8) is 0 Å². The van der Waals surface area contributed by atoms with Crippen molar-refractivity contribution in [1.29, 1.82) is 0 Å². The number of halogens is 2. The predicted molar refractivity (Wildman–Crippen MR) is 118 cm³/mol. The third-order valence-electron chi connectivity index (χ3n) is 4.39. The molecule has 0 spiro atoms. The molecule has 4 aromatic rings. The highest BCUT2D eigenvalue weighted by Gasteiger charge is 2.19. The molecule has 0 radical (unpaired) electrons. The van der Waals surface area contributed by atoms with Crippen LogP contribution in [-0.2, 0) is 6.42 Å². The van der Waals surface area contributed by atoms with Crippen molar-refractivity contribution in [3.05, 3.63) is 80.4 Å². The molecule has 31 heavy (non-hydrogen) atoms. The van der Waals surface area contributed by atoms with Gasteiger partial charge in [-0.2, -0.15) is 9.78 Å². The third kappa shape index (κ3) is 4.55. The van der Waals surface area contributed by atoms with E-state index in [1.54, 1.807) is 24.3 Å². The zero-order chi connectivity index (χ0) is 22.0. The molecular weight excluding hydrogens is 441 g/mol. The van der Waals surface area contributed by atoms with E-state index >= 15 is 0 Å². The number of rotatable bonds is 6. The Kier molecular flexibility index (Phi) is 5.92. The first-order chi connectivity index (χ1) is 14.9. The number of hydrogen-bond donors (Lipinski definition) is 2. The maximum atomic E-state index is 12.9. The third-order valence-corrected chi connectivity index (χ3v) is 4.95. The summed E-state index contributed by atoms with van der Waals surface area (Å²) in [6, 6.07) is 11.1. The number of aryl methyl sites for hydroxylation is 1. The molecular formula is C21H17Cl2N5O3. The van der Waals surface area contributed by atoms with Gasteiger partial charge in [-0.25, -0.2) is 4.98 Å². The number of H-pyrrole nitrogens is 1. The quantitative estimate of drug-likeness (QED) is 0.435. The molecule has 3 heterocycles.